The Balaban J connectivity index is 1.73. The second-order valence-corrected chi connectivity index (χ2v) is 10.1. The Bertz CT molecular complexity index is 1450. The number of nitrogens with zero attached hydrogens (tertiary/aromatic N) is 2. The van der Waals surface area contributed by atoms with E-state index in [1.807, 2.05) is 0 Å². The minimum atomic E-state index is -2.70. The van der Waals surface area contributed by atoms with E-state index in [0.29, 0.717) is 5.56 Å². The standard InChI is InChI=1S/C26H24ClN3O7/c1-30(2)18-13-9-11-8-12-15(20(32)17(29-24(12)27)10-6-4-3-5-7-10)19(31)14(11)22(34)26(13,37)23(35)16(21(18)33)25(28)36/h3-7,11,13,18,32-34,37H,8-9H2,1-2H3,(H2,28,36)/t11-,13-,18-,26-/m0/s1. The number of aromatic hydroxyl groups is 1. The van der Waals surface area contributed by atoms with Crippen molar-refractivity contribution < 1.29 is 34.8 Å². The van der Waals surface area contributed by atoms with Gasteiger partial charge < -0.3 is 26.2 Å². The Morgan fingerprint density at radius 2 is 1.81 bits per heavy atom. The summed E-state index contributed by atoms with van der Waals surface area (Å²) in [5.41, 5.74) is 2.20. The molecule has 0 saturated heterocycles. The van der Waals surface area contributed by atoms with Crippen LogP contribution in [0.2, 0.25) is 5.15 Å². The number of aromatic nitrogens is 1. The molecule has 1 aromatic heterocycles. The van der Waals surface area contributed by atoms with Crippen LogP contribution < -0.4 is 5.73 Å². The molecule has 2 aromatic rings. The van der Waals surface area contributed by atoms with Gasteiger partial charge in [-0.05, 0) is 32.9 Å². The number of aliphatic hydroxyl groups excluding tert-OH is 2. The van der Waals surface area contributed by atoms with Crippen LogP contribution in [0.25, 0.3) is 11.3 Å². The molecule has 37 heavy (non-hydrogen) atoms. The van der Waals surface area contributed by atoms with Crippen LogP contribution in [0.3, 0.4) is 0 Å². The summed E-state index contributed by atoms with van der Waals surface area (Å²) in [5, 5.41) is 44.9. The highest BCUT2D eigenvalue weighted by molar-refractivity contribution is 6.32. The first-order valence-electron chi connectivity index (χ1n) is 11.5. The first-order chi connectivity index (χ1) is 17.4. The van der Waals surface area contributed by atoms with Gasteiger partial charge in [-0.2, -0.15) is 0 Å². The number of fused-ring (bicyclic) bond motifs is 3. The van der Waals surface area contributed by atoms with Gasteiger partial charge in [0.25, 0.3) is 5.91 Å². The predicted molar refractivity (Wildman–Crippen MR) is 132 cm³/mol. The molecule has 6 N–H and O–H groups in total. The largest absolute Gasteiger partial charge is 0.510 e. The smallest absolute Gasteiger partial charge is 0.255 e. The molecule has 3 aliphatic carbocycles. The topological polar surface area (TPSA) is 174 Å². The predicted octanol–water partition coefficient (Wildman–Crippen LogP) is 1.84. The number of aliphatic hydroxyl groups is 3. The summed E-state index contributed by atoms with van der Waals surface area (Å²) < 4.78 is 0. The van der Waals surface area contributed by atoms with Crippen molar-refractivity contribution in [3.63, 3.8) is 0 Å². The Hall–Kier alpha value is -3.73. The van der Waals surface area contributed by atoms with Crippen LogP contribution in [0.4, 0.5) is 0 Å². The number of hydrogen-bond donors (Lipinski definition) is 5. The minimum Gasteiger partial charge on any atom is -0.510 e. The van der Waals surface area contributed by atoms with E-state index >= 15 is 0 Å². The number of rotatable bonds is 3. The molecule has 11 heteroatoms. The van der Waals surface area contributed by atoms with Gasteiger partial charge in [-0.15, -0.1) is 0 Å². The molecule has 1 aromatic carbocycles. The zero-order valence-corrected chi connectivity index (χ0v) is 20.7. The second-order valence-electron chi connectivity index (χ2n) is 9.78. The molecule has 0 saturated carbocycles. The molecular formula is C26H24ClN3O7. The lowest BCUT2D eigenvalue weighted by molar-refractivity contribution is -0.148. The molecule has 0 bridgehead atoms. The summed E-state index contributed by atoms with van der Waals surface area (Å²) in [6, 6.07) is 7.51. The molecule has 1 amide bonds. The molecule has 0 unspecified atom stereocenters. The van der Waals surface area contributed by atoms with Gasteiger partial charge in [-0.1, -0.05) is 41.9 Å². The van der Waals surface area contributed by atoms with Crippen molar-refractivity contribution in [3.05, 3.63) is 69.3 Å². The number of pyridine rings is 1. The Morgan fingerprint density at radius 3 is 2.41 bits per heavy atom. The molecule has 0 spiro atoms. The fourth-order valence-electron chi connectivity index (χ4n) is 5.96. The van der Waals surface area contributed by atoms with Gasteiger partial charge in [-0.3, -0.25) is 19.3 Å². The second kappa shape index (κ2) is 8.41. The first-order valence-corrected chi connectivity index (χ1v) is 11.9. The van der Waals surface area contributed by atoms with Crippen LogP contribution in [-0.4, -0.2) is 73.5 Å². The zero-order chi connectivity index (χ0) is 27.0. The summed E-state index contributed by atoms with van der Waals surface area (Å²) in [6.07, 6.45) is 0.0479. The van der Waals surface area contributed by atoms with Gasteiger partial charge in [0, 0.05) is 22.6 Å². The van der Waals surface area contributed by atoms with Gasteiger partial charge in [-0.25, -0.2) is 4.98 Å². The van der Waals surface area contributed by atoms with E-state index in [1.54, 1.807) is 44.4 Å². The minimum absolute atomic E-state index is 0.00187. The summed E-state index contributed by atoms with van der Waals surface area (Å²) in [6.45, 7) is 0. The summed E-state index contributed by atoms with van der Waals surface area (Å²) >= 11 is 6.48. The van der Waals surface area contributed by atoms with Crippen LogP contribution in [0, 0.1) is 11.8 Å². The summed E-state index contributed by atoms with van der Waals surface area (Å²) in [5.74, 6) is -7.20. The third kappa shape index (κ3) is 3.33. The molecule has 0 aliphatic heterocycles. The third-order valence-electron chi connectivity index (χ3n) is 7.58. The molecule has 10 nitrogen and oxygen atoms in total. The molecule has 3 aliphatic rings. The van der Waals surface area contributed by atoms with Crippen molar-refractivity contribution in [2.75, 3.05) is 14.1 Å². The van der Waals surface area contributed by atoms with Crippen LogP contribution in [0.15, 0.2) is 53.0 Å². The quantitative estimate of drug-likeness (QED) is 0.296. The average Bonchev–Trinajstić information content (AvgIpc) is 2.83. The number of amides is 1. The number of allylic oxidation sites excluding steroid dienone is 1. The first kappa shape index (κ1) is 24.9. The van der Waals surface area contributed by atoms with E-state index in [4.69, 9.17) is 17.3 Å². The van der Waals surface area contributed by atoms with E-state index in [9.17, 15) is 34.8 Å². The van der Waals surface area contributed by atoms with Crippen LogP contribution in [-0.2, 0) is 16.0 Å². The number of ketones is 2. The molecule has 5 rings (SSSR count). The lowest BCUT2D eigenvalue weighted by atomic mass is 9.58. The fraction of sp³-hybridized carbons (Fsp3) is 0.308. The van der Waals surface area contributed by atoms with E-state index in [-0.39, 0.29) is 40.4 Å². The van der Waals surface area contributed by atoms with Crippen molar-refractivity contribution in [2.45, 2.75) is 24.5 Å². The SMILES string of the molecule is CN(C)[C@@H]1C(O)=C(C(N)=O)C(=O)[C@@]2(O)C(O)=C3C(=O)c4c(O)c(-c5ccccc5)nc(Cl)c4C[C@H]3C[C@@H]12. The molecular weight excluding hydrogens is 502 g/mol. The monoisotopic (exact) mass is 525 g/mol. The number of hydrogen-bond acceptors (Lipinski definition) is 9. The number of Topliss-reactive ketones (excluding diaryl/α,β-unsaturated/α-hetero) is 2. The van der Waals surface area contributed by atoms with Gasteiger partial charge in [0.15, 0.2) is 17.1 Å². The number of halogens is 1. The van der Waals surface area contributed by atoms with E-state index < -0.39 is 63.8 Å². The number of carbonyl (C=O) groups excluding carboxylic acids is 3. The highest BCUT2D eigenvalue weighted by atomic mass is 35.5. The highest BCUT2D eigenvalue weighted by Gasteiger charge is 2.63. The van der Waals surface area contributed by atoms with E-state index in [1.165, 1.54) is 4.90 Å². The molecule has 0 radical (unpaired) electrons. The Labute approximate surface area is 216 Å². The fourth-order valence-corrected chi connectivity index (χ4v) is 6.22. The van der Waals surface area contributed by atoms with Crippen molar-refractivity contribution in [2.24, 2.45) is 17.6 Å². The normalized spacial score (nSPS) is 27.2. The number of likely N-dealkylation sites (N-methyl/N-ethyl adjacent to an activating group) is 1. The molecule has 192 valence electrons. The van der Waals surface area contributed by atoms with Gasteiger partial charge in [0.2, 0.25) is 5.78 Å². The van der Waals surface area contributed by atoms with Gasteiger partial charge in [0.05, 0.1) is 11.6 Å². The number of primary amides is 1. The lowest BCUT2D eigenvalue weighted by Crippen LogP contribution is -2.63. The maximum atomic E-state index is 13.8. The van der Waals surface area contributed by atoms with Crippen molar-refractivity contribution >= 4 is 29.1 Å². The number of carbonyl (C=O) groups is 3. The average molecular weight is 526 g/mol. The maximum absolute atomic E-state index is 13.8. The molecule has 0 fully saturated rings. The summed E-state index contributed by atoms with van der Waals surface area (Å²) in [7, 11) is 3.13. The maximum Gasteiger partial charge on any atom is 0.255 e. The van der Waals surface area contributed by atoms with E-state index in [0.717, 1.165) is 0 Å². The number of nitrogens with two attached hydrogens (primary N) is 1. The van der Waals surface area contributed by atoms with Crippen LogP contribution in [0.1, 0.15) is 22.3 Å². The van der Waals surface area contributed by atoms with Gasteiger partial charge in [0.1, 0.15) is 27.9 Å². The van der Waals surface area contributed by atoms with E-state index in [2.05, 4.69) is 4.98 Å². The third-order valence-corrected chi connectivity index (χ3v) is 7.90. The van der Waals surface area contributed by atoms with Crippen molar-refractivity contribution in [3.8, 4) is 17.0 Å². The van der Waals surface area contributed by atoms with Crippen LogP contribution >= 0.6 is 11.6 Å². The molecule has 4 atom stereocenters. The number of benzene rings is 1. The highest BCUT2D eigenvalue weighted by Crippen LogP contribution is 2.53. The van der Waals surface area contributed by atoms with Crippen LogP contribution in [0.5, 0.6) is 5.75 Å². The lowest BCUT2D eigenvalue weighted by Gasteiger charge is -2.50. The van der Waals surface area contributed by atoms with Gasteiger partial charge >= 0.3 is 0 Å². The Kier molecular flexibility index (Phi) is 5.67. The van der Waals surface area contributed by atoms with Crippen molar-refractivity contribution in [1.29, 1.82) is 0 Å². The summed E-state index contributed by atoms with van der Waals surface area (Å²) in [4.78, 5) is 45.0. The molecule has 1 heterocycles. The van der Waals surface area contributed by atoms with Crippen molar-refractivity contribution in [1.82, 2.24) is 9.88 Å². The zero-order valence-electron chi connectivity index (χ0n) is 19.9. The Morgan fingerprint density at radius 1 is 1.16 bits per heavy atom.